The van der Waals surface area contributed by atoms with Crippen LogP contribution in [0.3, 0.4) is 0 Å². The van der Waals surface area contributed by atoms with Crippen LogP contribution in [0.1, 0.15) is 11.4 Å². The van der Waals surface area contributed by atoms with E-state index in [2.05, 4.69) is 10.4 Å². The van der Waals surface area contributed by atoms with E-state index in [1.165, 1.54) is 0 Å². The predicted octanol–water partition coefficient (Wildman–Crippen LogP) is 3.52. The molecule has 0 amide bonds. The molecule has 26 heavy (non-hydrogen) atoms. The summed E-state index contributed by atoms with van der Waals surface area (Å²) < 4.78 is 8.96. The maximum atomic E-state index is 5.22. The molecule has 7 heteroatoms. The normalized spacial score (nSPS) is 11.1. The summed E-state index contributed by atoms with van der Waals surface area (Å²) >= 11 is 0. The third-order valence-electron chi connectivity index (χ3n) is 4.26. The number of fused-ring (bicyclic) bond motifs is 1. The van der Waals surface area contributed by atoms with E-state index in [-0.39, 0.29) is 0 Å². The van der Waals surface area contributed by atoms with Crippen LogP contribution in [-0.2, 0) is 7.05 Å². The first kappa shape index (κ1) is 16.1. The van der Waals surface area contributed by atoms with Crippen LogP contribution in [0.4, 0.5) is 11.5 Å². The highest BCUT2D eigenvalue weighted by Crippen LogP contribution is 2.26. The van der Waals surface area contributed by atoms with Crippen LogP contribution in [0, 0.1) is 13.8 Å². The van der Waals surface area contributed by atoms with Gasteiger partial charge in [0.2, 0.25) is 0 Å². The first-order valence-corrected chi connectivity index (χ1v) is 8.33. The minimum absolute atomic E-state index is 0.543. The largest absolute Gasteiger partial charge is 0.497 e. The van der Waals surface area contributed by atoms with Gasteiger partial charge in [-0.3, -0.25) is 0 Å². The lowest BCUT2D eigenvalue weighted by atomic mass is 10.3. The Bertz CT molecular complexity index is 1080. The molecule has 0 bridgehead atoms. The van der Waals surface area contributed by atoms with E-state index >= 15 is 0 Å². The molecule has 7 nitrogen and oxygen atoms in total. The van der Waals surface area contributed by atoms with Gasteiger partial charge >= 0.3 is 0 Å². The lowest BCUT2D eigenvalue weighted by Gasteiger charge is -2.11. The van der Waals surface area contributed by atoms with Crippen LogP contribution in [0.15, 0.2) is 42.6 Å². The zero-order chi connectivity index (χ0) is 18.3. The molecule has 0 aliphatic carbocycles. The number of hydrogen-bond donors (Lipinski definition) is 1. The monoisotopic (exact) mass is 348 g/mol. The van der Waals surface area contributed by atoms with Gasteiger partial charge in [-0.2, -0.15) is 15.1 Å². The lowest BCUT2D eigenvalue weighted by Crippen LogP contribution is -2.08. The van der Waals surface area contributed by atoms with Crippen molar-refractivity contribution in [2.24, 2.45) is 7.05 Å². The molecule has 0 saturated heterocycles. The highest BCUT2D eigenvalue weighted by Gasteiger charge is 2.14. The molecule has 3 heterocycles. The van der Waals surface area contributed by atoms with Gasteiger partial charge in [-0.1, -0.05) is 0 Å². The fourth-order valence-electron chi connectivity index (χ4n) is 2.96. The van der Waals surface area contributed by atoms with Crippen molar-refractivity contribution >= 4 is 22.5 Å². The second-order valence-corrected chi connectivity index (χ2v) is 6.23. The molecule has 0 spiro atoms. The first-order valence-electron chi connectivity index (χ1n) is 8.33. The molecule has 4 rings (SSSR count). The molecular formula is C19H20N6O. The highest BCUT2D eigenvalue weighted by molar-refractivity contribution is 5.90. The number of nitrogens with one attached hydrogen (secondary N) is 1. The topological polar surface area (TPSA) is 69.8 Å². The average molecular weight is 348 g/mol. The van der Waals surface area contributed by atoms with Crippen LogP contribution < -0.4 is 10.1 Å². The van der Waals surface area contributed by atoms with Crippen molar-refractivity contribution in [2.75, 3.05) is 12.4 Å². The standard InChI is InChI=1S/C19H20N6O/c1-12-11-13(2)25(23-12)19-21-17(16-9-10-24(3)18(16)22-19)20-14-5-7-15(26-4)8-6-14/h5-11H,1-4H3,(H,20,21,22). The van der Waals surface area contributed by atoms with Crippen molar-refractivity contribution in [3.63, 3.8) is 0 Å². The Hall–Kier alpha value is -3.35. The van der Waals surface area contributed by atoms with Crippen LogP contribution in [0.5, 0.6) is 5.75 Å². The summed E-state index contributed by atoms with van der Waals surface area (Å²) in [4.78, 5) is 9.43. The van der Waals surface area contributed by atoms with E-state index in [4.69, 9.17) is 14.7 Å². The summed E-state index contributed by atoms with van der Waals surface area (Å²) in [5.74, 6) is 2.09. The summed E-state index contributed by atoms with van der Waals surface area (Å²) in [6.45, 7) is 3.95. The van der Waals surface area contributed by atoms with Crippen molar-refractivity contribution in [2.45, 2.75) is 13.8 Å². The Morgan fingerprint density at radius 1 is 1.04 bits per heavy atom. The van der Waals surface area contributed by atoms with Crippen LogP contribution in [-0.4, -0.2) is 31.4 Å². The molecule has 0 aliphatic rings. The van der Waals surface area contributed by atoms with Crippen LogP contribution in [0.2, 0.25) is 0 Å². The average Bonchev–Trinajstić information content (AvgIpc) is 3.18. The summed E-state index contributed by atoms with van der Waals surface area (Å²) in [6, 6.07) is 11.7. The molecule has 4 aromatic rings. The minimum Gasteiger partial charge on any atom is -0.497 e. The molecule has 3 aromatic heterocycles. The maximum absolute atomic E-state index is 5.22. The number of nitrogens with zero attached hydrogens (tertiary/aromatic N) is 5. The summed E-state index contributed by atoms with van der Waals surface area (Å²) in [5.41, 5.74) is 3.70. The Kier molecular flexibility index (Phi) is 3.84. The predicted molar refractivity (Wildman–Crippen MR) is 101 cm³/mol. The van der Waals surface area contributed by atoms with Gasteiger partial charge < -0.3 is 14.6 Å². The molecule has 1 aromatic carbocycles. The van der Waals surface area contributed by atoms with E-state index in [1.54, 1.807) is 11.8 Å². The lowest BCUT2D eigenvalue weighted by molar-refractivity contribution is 0.415. The maximum Gasteiger partial charge on any atom is 0.254 e. The fraction of sp³-hybridized carbons (Fsp3) is 0.211. The zero-order valence-electron chi connectivity index (χ0n) is 15.2. The van der Waals surface area contributed by atoms with Gasteiger partial charge in [0.05, 0.1) is 18.2 Å². The number of rotatable bonds is 4. The molecule has 0 radical (unpaired) electrons. The fourth-order valence-corrected chi connectivity index (χ4v) is 2.96. The van der Waals surface area contributed by atoms with Gasteiger partial charge in [-0.15, -0.1) is 0 Å². The number of aromatic nitrogens is 5. The van der Waals surface area contributed by atoms with Gasteiger partial charge in [0.15, 0.2) is 0 Å². The Balaban J connectivity index is 1.83. The van der Waals surface area contributed by atoms with Crippen molar-refractivity contribution in [3.05, 3.63) is 54.0 Å². The molecule has 132 valence electrons. The molecule has 0 atom stereocenters. The van der Waals surface area contributed by atoms with Gasteiger partial charge in [0.25, 0.3) is 5.95 Å². The Morgan fingerprint density at radius 2 is 1.81 bits per heavy atom. The number of ether oxygens (including phenoxy) is 1. The Labute approximate surface area is 151 Å². The third kappa shape index (κ3) is 2.77. The van der Waals surface area contributed by atoms with Crippen molar-refractivity contribution < 1.29 is 4.74 Å². The van der Waals surface area contributed by atoms with Crippen molar-refractivity contribution in [1.29, 1.82) is 0 Å². The molecule has 0 unspecified atom stereocenters. The van der Waals surface area contributed by atoms with E-state index in [9.17, 15) is 0 Å². The Morgan fingerprint density at radius 3 is 2.46 bits per heavy atom. The SMILES string of the molecule is COc1ccc(Nc2nc(-n3nc(C)cc3C)nc3c2ccn3C)cc1. The molecule has 0 fully saturated rings. The summed E-state index contributed by atoms with van der Waals surface area (Å²) in [6.07, 6.45) is 1.98. The van der Waals surface area contributed by atoms with Crippen LogP contribution >= 0.6 is 0 Å². The number of benzene rings is 1. The number of hydrogen-bond acceptors (Lipinski definition) is 5. The number of aryl methyl sites for hydroxylation is 3. The zero-order valence-corrected chi connectivity index (χ0v) is 15.2. The van der Waals surface area contributed by atoms with Gasteiger partial charge in [0, 0.05) is 24.6 Å². The van der Waals surface area contributed by atoms with Crippen molar-refractivity contribution in [1.82, 2.24) is 24.3 Å². The smallest absolute Gasteiger partial charge is 0.254 e. The van der Waals surface area contributed by atoms with Crippen LogP contribution in [0.25, 0.3) is 17.0 Å². The number of anilines is 2. The highest BCUT2D eigenvalue weighted by atomic mass is 16.5. The molecule has 0 aliphatic heterocycles. The van der Waals surface area contributed by atoms with E-state index < -0.39 is 0 Å². The summed E-state index contributed by atoms with van der Waals surface area (Å²) in [5, 5.41) is 8.85. The van der Waals surface area contributed by atoms with Gasteiger partial charge in [-0.05, 0) is 50.2 Å². The van der Waals surface area contributed by atoms with E-state index in [1.807, 2.05) is 68.1 Å². The van der Waals surface area contributed by atoms with Gasteiger partial charge in [-0.25, -0.2) is 4.68 Å². The first-order chi connectivity index (χ1) is 12.5. The second kappa shape index (κ2) is 6.18. The van der Waals surface area contributed by atoms with Gasteiger partial charge in [0.1, 0.15) is 17.2 Å². The third-order valence-corrected chi connectivity index (χ3v) is 4.26. The molecule has 0 saturated carbocycles. The second-order valence-electron chi connectivity index (χ2n) is 6.23. The molecular weight excluding hydrogens is 328 g/mol. The summed E-state index contributed by atoms with van der Waals surface area (Å²) in [7, 11) is 3.62. The quantitative estimate of drug-likeness (QED) is 0.611. The van der Waals surface area contributed by atoms with Crippen molar-refractivity contribution in [3.8, 4) is 11.7 Å². The van der Waals surface area contributed by atoms with E-state index in [0.717, 1.165) is 39.7 Å². The minimum atomic E-state index is 0.543. The molecule has 1 N–H and O–H groups in total. The number of methoxy groups -OCH3 is 1. The van der Waals surface area contributed by atoms with E-state index in [0.29, 0.717) is 5.95 Å².